The summed E-state index contributed by atoms with van der Waals surface area (Å²) >= 11 is 1.65. The molecule has 4 rings (SSSR count). The maximum Gasteiger partial charge on any atom is 0.225 e. The summed E-state index contributed by atoms with van der Waals surface area (Å²) in [5.74, 6) is 0.283. The molecule has 0 aromatic carbocycles. The van der Waals surface area contributed by atoms with Crippen molar-refractivity contribution in [2.45, 2.75) is 37.1 Å². The monoisotopic (exact) mass is 345 g/mol. The summed E-state index contributed by atoms with van der Waals surface area (Å²) < 4.78 is 1.80. The molecule has 0 radical (unpaired) electrons. The van der Waals surface area contributed by atoms with Crippen LogP contribution >= 0.6 is 11.3 Å². The third-order valence-electron chi connectivity index (χ3n) is 5.37. The van der Waals surface area contributed by atoms with Crippen molar-refractivity contribution in [2.75, 3.05) is 13.1 Å². The first-order chi connectivity index (χ1) is 11.7. The zero-order chi connectivity index (χ0) is 16.6. The molecule has 7 heteroatoms. The average Bonchev–Trinajstić information content (AvgIpc) is 3.34. The number of carbonyl (C=O) groups excluding carboxylic acids is 1. The summed E-state index contributed by atoms with van der Waals surface area (Å²) in [5.41, 5.74) is 0.880. The van der Waals surface area contributed by atoms with Crippen LogP contribution in [0.3, 0.4) is 0 Å². The summed E-state index contributed by atoms with van der Waals surface area (Å²) in [6.07, 6.45) is 10.0. The highest BCUT2D eigenvalue weighted by atomic mass is 32.1. The van der Waals surface area contributed by atoms with Crippen molar-refractivity contribution < 1.29 is 4.79 Å². The Hall–Kier alpha value is -1.73. The fourth-order valence-electron chi connectivity index (χ4n) is 4.10. The molecule has 1 aliphatic carbocycles. The van der Waals surface area contributed by atoms with Crippen molar-refractivity contribution in [3.8, 4) is 0 Å². The fourth-order valence-corrected chi connectivity index (χ4v) is 4.95. The number of thiazole rings is 1. The molecular weight excluding hydrogens is 322 g/mol. The van der Waals surface area contributed by atoms with Crippen LogP contribution in [0.2, 0.25) is 0 Å². The molecule has 1 amide bonds. The standard InChI is InChI=1S/C17H23N5OS/c1-22-11-12(8-20-22)13-9-18-10-14(13)15(23)21-17(4-2-3-5-17)16-19-6-7-24-16/h6-8,11,13-14,18H,2-5,9-10H2,1H3,(H,21,23)/t13-,14+/m1/s1. The maximum atomic E-state index is 13.1. The third kappa shape index (κ3) is 2.75. The lowest BCUT2D eigenvalue weighted by molar-refractivity contribution is -0.127. The van der Waals surface area contributed by atoms with E-state index in [9.17, 15) is 4.79 Å². The maximum absolute atomic E-state index is 13.1. The van der Waals surface area contributed by atoms with Crippen molar-refractivity contribution >= 4 is 17.2 Å². The molecule has 2 aromatic rings. The van der Waals surface area contributed by atoms with Crippen molar-refractivity contribution in [1.29, 1.82) is 0 Å². The summed E-state index contributed by atoms with van der Waals surface area (Å²) in [7, 11) is 1.91. The number of amides is 1. The molecule has 2 aromatic heterocycles. The van der Waals surface area contributed by atoms with Crippen LogP contribution in [-0.2, 0) is 17.4 Å². The minimum Gasteiger partial charge on any atom is -0.344 e. The van der Waals surface area contributed by atoms with Crippen LogP contribution in [0.4, 0.5) is 0 Å². The first kappa shape index (κ1) is 15.8. The van der Waals surface area contributed by atoms with E-state index in [4.69, 9.17) is 0 Å². The molecule has 2 aliphatic rings. The Kier molecular flexibility index (Phi) is 4.14. The number of nitrogens with zero attached hydrogens (tertiary/aromatic N) is 3. The first-order valence-corrected chi connectivity index (χ1v) is 9.47. The third-order valence-corrected chi connectivity index (χ3v) is 6.34. The predicted molar refractivity (Wildman–Crippen MR) is 92.7 cm³/mol. The van der Waals surface area contributed by atoms with Gasteiger partial charge in [-0.3, -0.25) is 9.48 Å². The van der Waals surface area contributed by atoms with Crippen LogP contribution in [0.15, 0.2) is 24.0 Å². The van der Waals surface area contributed by atoms with Gasteiger partial charge in [-0.1, -0.05) is 12.8 Å². The number of carbonyl (C=O) groups is 1. The minimum absolute atomic E-state index is 0.0494. The van der Waals surface area contributed by atoms with E-state index in [1.807, 2.05) is 31.0 Å². The molecular formula is C17H23N5OS. The van der Waals surface area contributed by atoms with Crippen LogP contribution in [0.1, 0.15) is 42.2 Å². The van der Waals surface area contributed by atoms with E-state index in [1.165, 1.54) is 0 Å². The van der Waals surface area contributed by atoms with Gasteiger partial charge in [-0.2, -0.15) is 5.10 Å². The molecule has 2 N–H and O–H groups in total. The molecule has 0 unspecified atom stereocenters. The number of aromatic nitrogens is 3. The quantitative estimate of drug-likeness (QED) is 0.886. The normalized spacial score (nSPS) is 25.9. The lowest BCUT2D eigenvalue weighted by Gasteiger charge is -2.30. The molecule has 1 aliphatic heterocycles. The Bertz CT molecular complexity index is 704. The van der Waals surface area contributed by atoms with Crippen LogP contribution in [-0.4, -0.2) is 33.8 Å². The molecule has 0 bridgehead atoms. The summed E-state index contributed by atoms with van der Waals surface area (Å²) in [6.45, 7) is 1.55. The average molecular weight is 345 g/mol. The van der Waals surface area contributed by atoms with Gasteiger partial charge in [0.05, 0.1) is 17.7 Å². The summed E-state index contributed by atoms with van der Waals surface area (Å²) in [6, 6.07) is 0. The topological polar surface area (TPSA) is 71.8 Å². The van der Waals surface area contributed by atoms with Gasteiger partial charge in [0.2, 0.25) is 5.91 Å². The summed E-state index contributed by atoms with van der Waals surface area (Å²) in [5, 5.41) is 14.1. The fraction of sp³-hybridized carbons (Fsp3) is 0.588. The number of aryl methyl sites for hydroxylation is 1. The van der Waals surface area contributed by atoms with Gasteiger partial charge in [0, 0.05) is 43.8 Å². The first-order valence-electron chi connectivity index (χ1n) is 8.59. The smallest absolute Gasteiger partial charge is 0.225 e. The van der Waals surface area contributed by atoms with E-state index in [0.717, 1.165) is 49.3 Å². The van der Waals surface area contributed by atoms with Gasteiger partial charge < -0.3 is 10.6 Å². The molecule has 1 saturated carbocycles. The van der Waals surface area contributed by atoms with Gasteiger partial charge in [-0.25, -0.2) is 4.98 Å². The number of nitrogens with one attached hydrogen (secondary N) is 2. The van der Waals surface area contributed by atoms with Crippen LogP contribution in [0.5, 0.6) is 0 Å². The second-order valence-electron chi connectivity index (χ2n) is 6.93. The van der Waals surface area contributed by atoms with Gasteiger partial charge in [0.25, 0.3) is 0 Å². The molecule has 2 atom stereocenters. The largest absolute Gasteiger partial charge is 0.344 e. The zero-order valence-corrected chi connectivity index (χ0v) is 14.7. The van der Waals surface area contributed by atoms with E-state index in [2.05, 4.69) is 20.7 Å². The molecule has 6 nitrogen and oxygen atoms in total. The van der Waals surface area contributed by atoms with Gasteiger partial charge in [-0.15, -0.1) is 11.3 Å². The number of hydrogen-bond donors (Lipinski definition) is 2. The molecule has 0 spiro atoms. The van der Waals surface area contributed by atoms with Crippen molar-refractivity contribution in [3.63, 3.8) is 0 Å². The highest BCUT2D eigenvalue weighted by molar-refractivity contribution is 7.09. The van der Waals surface area contributed by atoms with Crippen molar-refractivity contribution in [2.24, 2.45) is 13.0 Å². The van der Waals surface area contributed by atoms with E-state index < -0.39 is 0 Å². The number of rotatable bonds is 4. The lowest BCUT2D eigenvalue weighted by Crippen LogP contribution is -2.47. The Morgan fingerprint density at radius 1 is 1.42 bits per heavy atom. The van der Waals surface area contributed by atoms with E-state index in [1.54, 1.807) is 16.0 Å². The minimum atomic E-state index is -0.257. The molecule has 128 valence electrons. The Labute approximate surface area is 145 Å². The van der Waals surface area contributed by atoms with Gasteiger partial charge >= 0.3 is 0 Å². The molecule has 24 heavy (non-hydrogen) atoms. The van der Waals surface area contributed by atoms with Crippen molar-refractivity contribution in [1.82, 2.24) is 25.4 Å². The Morgan fingerprint density at radius 3 is 2.92 bits per heavy atom. The SMILES string of the molecule is Cn1cc([C@H]2CNC[C@@H]2C(=O)NC2(c3nccs3)CCCC2)cn1. The predicted octanol–water partition coefficient (Wildman–Crippen LogP) is 1.77. The van der Waals surface area contributed by atoms with Crippen LogP contribution in [0.25, 0.3) is 0 Å². The highest BCUT2D eigenvalue weighted by Crippen LogP contribution is 2.40. The molecule has 3 heterocycles. The van der Waals surface area contributed by atoms with Gasteiger partial charge in [0.15, 0.2) is 0 Å². The van der Waals surface area contributed by atoms with Crippen LogP contribution in [0, 0.1) is 5.92 Å². The zero-order valence-electron chi connectivity index (χ0n) is 13.9. The lowest BCUT2D eigenvalue weighted by atomic mass is 9.88. The molecule has 2 fully saturated rings. The van der Waals surface area contributed by atoms with Crippen molar-refractivity contribution in [3.05, 3.63) is 34.5 Å². The van der Waals surface area contributed by atoms with Gasteiger partial charge in [0.1, 0.15) is 5.01 Å². The Morgan fingerprint density at radius 2 is 2.25 bits per heavy atom. The second kappa shape index (κ2) is 6.29. The van der Waals surface area contributed by atoms with Gasteiger partial charge in [-0.05, 0) is 18.4 Å². The number of hydrogen-bond acceptors (Lipinski definition) is 5. The second-order valence-corrected chi connectivity index (χ2v) is 7.83. The van der Waals surface area contributed by atoms with E-state index >= 15 is 0 Å². The van der Waals surface area contributed by atoms with Crippen LogP contribution < -0.4 is 10.6 Å². The highest BCUT2D eigenvalue weighted by Gasteiger charge is 2.43. The Balaban J connectivity index is 1.54. The summed E-state index contributed by atoms with van der Waals surface area (Å²) in [4.78, 5) is 17.6. The van der Waals surface area contributed by atoms with E-state index in [-0.39, 0.29) is 23.3 Å². The van der Waals surface area contributed by atoms with E-state index in [0.29, 0.717) is 0 Å². The molecule has 1 saturated heterocycles.